The third-order valence-corrected chi connectivity index (χ3v) is 1.04. The van der Waals surface area contributed by atoms with Crippen LogP contribution in [0.4, 0.5) is 0 Å². The van der Waals surface area contributed by atoms with Crippen molar-refractivity contribution in [2.24, 2.45) is 0 Å². The summed E-state index contributed by atoms with van der Waals surface area (Å²) < 4.78 is 4.51. The first kappa shape index (κ1) is 4.37. The van der Waals surface area contributed by atoms with Crippen molar-refractivity contribution in [3.63, 3.8) is 0 Å². The fourth-order valence-corrected chi connectivity index (χ4v) is 0.415. The predicted molar refractivity (Wildman–Crippen MR) is 24.7 cm³/mol. The molecule has 0 aliphatic carbocycles. The Morgan fingerprint density at radius 2 is 2.43 bits per heavy atom. The number of hydrogen-bond acceptors (Lipinski definition) is 2. The second-order valence-corrected chi connectivity index (χ2v) is 1.57. The maximum atomic E-state index is 10.1. The molecule has 0 amide bonds. The van der Waals surface area contributed by atoms with E-state index in [1.165, 1.54) is 0 Å². The van der Waals surface area contributed by atoms with Gasteiger partial charge in [-0.2, -0.15) is 0 Å². The van der Waals surface area contributed by atoms with Crippen LogP contribution in [-0.2, 0) is 9.53 Å². The number of rotatable bonds is 0. The molecule has 1 heterocycles. The third kappa shape index (κ3) is 0.427. The fraction of sp³-hybridized carbons (Fsp3) is 0.400. The lowest BCUT2D eigenvalue weighted by atomic mass is 10.1. The molecule has 0 aromatic carbocycles. The lowest BCUT2D eigenvalue weighted by Crippen LogP contribution is -2.32. The Morgan fingerprint density at radius 3 is 2.43 bits per heavy atom. The van der Waals surface area contributed by atoms with Gasteiger partial charge < -0.3 is 4.74 Å². The van der Waals surface area contributed by atoms with Crippen LogP contribution < -0.4 is 0 Å². The molecule has 0 spiro atoms. The van der Waals surface area contributed by atoms with Gasteiger partial charge in [0.25, 0.3) is 0 Å². The van der Waals surface area contributed by atoms with Crippen LogP contribution in [0.25, 0.3) is 0 Å². The van der Waals surface area contributed by atoms with E-state index in [1.807, 2.05) is 0 Å². The second-order valence-electron chi connectivity index (χ2n) is 1.57. The van der Waals surface area contributed by atoms with Crippen LogP contribution in [0, 0.1) is 0 Å². The topological polar surface area (TPSA) is 26.3 Å². The Balaban J connectivity index is 2.60. The van der Waals surface area contributed by atoms with Gasteiger partial charge in [0, 0.05) is 0 Å². The molecule has 1 aliphatic rings. The van der Waals surface area contributed by atoms with E-state index in [9.17, 15) is 4.79 Å². The third-order valence-electron chi connectivity index (χ3n) is 1.04. The van der Waals surface area contributed by atoms with E-state index in [0.717, 1.165) is 0 Å². The molecule has 0 N–H and O–H groups in total. The van der Waals surface area contributed by atoms with Crippen molar-refractivity contribution in [1.82, 2.24) is 0 Å². The van der Waals surface area contributed by atoms with Gasteiger partial charge in [-0.3, -0.25) is 0 Å². The van der Waals surface area contributed by atoms with Gasteiger partial charge in [-0.05, 0) is 6.92 Å². The van der Waals surface area contributed by atoms with E-state index in [4.69, 9.17) is 0 Å². The lowest BCUT2D eigenvalue weighted by molar-refractivity contribution is -0.154. The van der Waals surface area contributed by atoms with Gasteiger partial charge in [0.05, 0.1) is 5.57 Å². The zero-order valence-corrected chi connectivity index (χ0v) is 4.10. The summed E-state index contributed by atoms with van der Waals surface area (Å²) in [5, 5.41) is 0. The van der Waals surface area contributed by atoms with E-state index in [-0.39, 0.29) is 12.1 Å². The van der Waals surface area contributed by atoms with Gasteiger partial charge in [-0.15, -0.1) is 0 Å². The summed E-state index contributed by atoms with van der Waals surface area (Å²) in [6.45, 7) is 5.24. The minimum absolute atomic E-state index is 0.0347. The zero-order chi connectivity index (χ0) is 5.44. The molecule has 0 unspecified atom stereocenters. The summed E-state index contributed by atoms with van der Waals surface area (Å²) in [5.74, 6) is -0.257. The molecule has 2 heteroatoms. The fourth-order valence-electron chi connectivity index (χ4n) is 0.415. The molecule has 1 fully saturated rings. The normalized spacial score (nSPS) is 29.0. The van der Waals surface area contributed by atoms with E-state index in [1.54, 1.807) is 6.92 Å². The number of esters is 1. The maximum absolute atomic E-state index is 10.1. The monoisotopic (exact) mass is 98.0 g/mol. The summed E-state index contributed by atoms with van der Waals surface area (Å²) >= 11 is 0. The quantitative estimate of drug-likeness (QED) is 0.325. The molecular formula is C5H6O2. The number of carbonyl (C=O) groups excluding carboxylic acids is 1. The molecule has 1 rings (SSSR count). The number of cyclic esters (lactones) is 1. The summed E-state index contributed by atoms with van der Waals surface area (Å²) in [5.41, 5.74) is 0.583. The van der Waals surface area contributed by atoms with E-state index >= 15 is 0 Å². The van der Waals surface area contributed by atoms with Gasteiger partial charge in [-0.25, -0.2) is 4.79 Å². The highest BCUT2D eigenvalue weighted by atomic mass is 16.6. The highest BCUT2D eigenvalue weighted by molar-refractivity contribution is 5.94. The van der Waals surface area contributed by atoms with Crippen LogP contribution in [0.3, 0.4) is 0 Å². The van der Waals surface area contributed by atoms with Crippen molar-refractivity contribution in [3.05, 3.63) is 12.2 Å². The Hall–Kier alpha value is -0.790. The van der Waals surface area contributed by atoms with Gasteiger partial charge in [0.15, 0.2) is 0 Å². The van der Waals surface area contributed by atoms with Crippen molar-refractivity contribution in [1.29, 1.82) is 0 Å². The predicted octanol–water partition coefficient (Wildman–Crippen LogP) is 0.488. The molecule has 38 valence electrons. The van der Waals surface area contributed by atoms with Crippen molar-refractivity contribution in [2.75, 3.05) is 0 Å². The van der Waals surface area contributed by atoms with E-state index in [2.05, 4.69) is 11.3 Å². The largest absolute Gasteiger partial charge is 0.454 e. The molecular weight excluding hydrogens is 92.1 g/mol. The maximum Gasteiger partial charge on any atom is 0.337 e. The average molecular weight is 98.1 g/mol. The highest BCUT2D eigenvalue weighted by Crippen LogP contribution is 2.17. The molecule has 1 aliphatic heterocycles. The van der Waals surface area contributed by atoms with Crippen molar-refractivity contribution < 1.29 is 9.53 Å². The molecule has 1 atom stereocenters. The number of ether oxygens (including phenoxy) is 1. The summed E-state index contributed by atoms with van der Waals surface area (Å²) in [6.07, 6.45) is -0.0347. The summed E-state index contributed by atoms with van der Waals surface area (Å²) in [4.78, 5) is 10.1. The first-order valence-corrected chi connectivity index (χ1v) is 2.11. The smallest absolute Gasteiger partial charge is 0.337 e. The first-order chi connectivity index (χ1) is 3.22. The van der Waals surface area contributed by atoms with Gasteiger partial charge in [-0.1, -0.05) is 6.58 Å². The average Bonchev–Trinajstić information content (AvgIpc) is 1.68. The molecule has 0 radical (unpaired) electrons. The Labute approximate surface area is 41.8 Å². The van der Waals surface area contributed by atoms with Gasteiger partial charge >= 0.3 is 5.97 Å². The van der Waals surface area contributed by atoms with Crippen LogP contribution >= 0.6 is 0 Å². The van der Waals surface area contributed by atoms with Crippen molar-refractivity contribution >= 4 is 5.97 Å². The van der Waals surface area contributed by atoms with E-state index < -0.39 is 0 Å². The number of hydrogen-bond donors (Lipinski definition) is 0. The molecule has 0 saturated carbocycles. The standard InChI is InChI=1S/C5H6O2/c1-3-4(2)7-5(3)6/h4H,1H2,2H3/t4-/m1/s1. The van der Waals surface area contributed by atoms with Crippen molar-refractivity contribution in [2.45, 2.75) is 13.0 Å². The summed E-state index contributed by atoms with van der Waals surface area (Å²) in [6, 6.07) is 0. The first-order valence-electron chi connectivity index (χ1n) is 2.11. The summed E-state index contributed by atoms with van der Waals surface area (Å²) in [7, 11) is 0. The molecule has 2 nitrogen and oxygen atoms in total. The Morgan fingerprint density at radius 1 is 1.86 bits per heavy atom. The van der Waals surface area contributed by atoms with Crippen LogP contribution in [0.1, 0.15) is 6.92 Å². The van der Waals surface area contributed by atoms with Crippen LogP contribution in [0.15, 0.2) is 12.2 Å². The molecule has 0 bridgehead atoms. The molecule has 0 aromatic rings. The Bertz CT molecular complexity index is 126. The minimum atomic E-state index is -0.257. The molecule has 1 saturated heterocycles. The minimum Gasteiger partial charge on any atom is -0.454 e. The van der Waals surface area contributed by atoms with Gasteiger partial charge in [0.2, 0.25) is 0 Å². The Kier molecular flexibility index (Phi) is 0.680. The van der Waals surface area contributed by atoms with E-state index in [0.29, 0.717) is 5.57 Å². The van der Waals surface area contributed by atoms with Crippen LogP contribution in [0.2, 0.25) is 0 Å². The molecule has 0 aromatic heterocycles. The number of carbonyl (C=O) groups is 1. The second kappa shape index (κ2) is 1.09. The molecule has 7 heavy (non-hydrogen) atoms. The highest BCUT2D eigenvalue weighted by Gasteiger charge is 2.28. The van der Waals surface area contributed by atoms with Crippen LogP contribution in [0.5, 0.6) is 0 Å². The lowest BCUT2D eigenvalue weighted by Gasteiger charge is -2.23. The van der Waals surface area contributed by atoms with Gasteiger partial charge in [0.1, 0.15) is 6.10 Å². The van der Waals surface area contributed by atoms with Crippen molar-refractivity contribution in [3.8, 4) is 0 Å². The zero-order valence-electron chi connectivity index (χ0n) is 4.10. The SMILES string of the molecule is C=C1C(=O)O[C@@H]1C. The van der Waals surface area contributed by atoms with Crippen LogP contribution in [-0.4, -0.2) is 12.1 Å².